The van der Waals surface area contributed by atoms with Gasteiger partial charge in [0.05, 0.1) is 6.61 Å². The molecule has 0 aromatic heterocycles. The molecule has 0 aliphatic heterocycles. The van der Waals surface area contributed by atoms with Crippen molar-refractivity contribution in [2.75, 3.05) is 13.2 Å². The van der Waals surface area contributed by atoms with E-state index in [-0.39, 0.29) is 5.91 Å². The number of carbonyl (C=O) groups excluding carboxylic acids is 1. The van der Waals surface area contributed by atoms with E-state index in [9.17, 15) is 4.79 Å². The zero-order valence-electron chi connectivity index (χ0n) is 15.5. The van der Waals surface area contributed by atoms with Gasteiger partial charge in [-0.2, -0.15) is 0 Å². The molecular formula is C21H27NO3. The number of hydrogen-bond acceptors (Lipinski definition) is 3. The van der Waals surface area contributed by atoms with E-state index in [1.807, 2.05) is 52.0 Å². The molecule has 4 heteroatoms. The first kappa shape index (κ1) is 18.8. The summed E-state index contributed by atoms with van der Waals surface area (Å²) in [6.45, 7) is 9.65. The Morgan fingerprint density at radius 3 is 2.36 bits per heavy atom. The van der Waals surface area contributed by atoms with Crippen molar-refractivity contribution in [1.82, 2.24) is 5.32 Å². The van der Waals surface area contributed by atoms with E-state index >= 15 is 0 Å². The fourth-order valence-corrected chi connectivity index (χ4v) is 2.65. The second-order valence-corrected chi connectivity index (χ2v) is 6.12. The molecule has 0 unspecified atom stereocenters. The molecule has 2 aromatic rings. The molecule has 0 saturated carbocycles. The van der Waals surface area contributed by atoms with Crippen molar-refractivity contribution in [2.24, 2.45) is 0 Å². The molecule has 0 saturated heterocycles. The fraction of sp³-hybridized carbons (Fsp3) is 0.381. The van der Waals surface area contributed by atoms with Crippen LogP contribution in [0.4, 0.5) is 0 Å². The largest absolute Gasteiger partial charge is 0.493 e. The van der Waals surface area contributed by atoms with Gasteiger partial charge in [-0.1, -0.05) is 13.0 Å². The van der Waals surface area contributed by atoms with Crippen molar-refractivity contribution in [3.8, 4) is 11.5 Å². The summed E-state index contributed by atoms with van der Waals surface area (Å²) < 4.78 is 11.6. The van der Waals surface area contributed by atoms with Crippen molar-refractivity contribution in [3.63, 3.8) is 0 Å². The standard InChI is InChI=1S/C21H27NO3/c1-5-9-22-21(23)17-7-8-20(24-6-2)18(13-17)14-25-19-11-15(3)10-16(4)12-19/h7-8,10-13H,5-6,9,14H2,1-4H3,(H,22,23). The second kappa shape index (κ2) is 9.11. The maximum atomic E-state index is 12.2. The molecular weight excluding hydrogens is 314 g/mol. The first-order valence-electron chi connectivity index (χ1n) is 8.78. The predicted molar refractivity (Wildman–Crippen MR) is 100 cm³/mol. The minimum Gasteiger partial charge on any atom is -0.493 e. The molecule has 1 amide bonds. The average Bonchev–Trinajstić information content (AvgIpc) is 2.58. The molecule has 0 radical (unpaired) electrons. The lowest BCUT2D eigenvalue weighted by atomic mass is 10.1. The summed E-state index contributed by atoms with van der Waals surface area (Å²) in [5.41, 5.74) is 3.81. The monoisotopic (exact) mass is 341 g/mol. The lowest BCUT2D eigenvalue weighted by molar-refractivity contribution is 0.0953. The zero-order chi connectivity index (χ0) is 18.2. The van der Waals surface area contributed by atoms with Crippen LogP contribution in [0.3, 0.4) is 0 Å². The summed E-state index contributed by atoms with van der Waals surface area (Å²) in [5, 5.41) is 2.90. The predicted octanol–water partition coefficient (Wildman–Crippen LogP) is 4.42. The Labute approximate surface area is 150 Å². The number of benzene rings is 2. The molecule has 0 atom stereocenters. The molecule has 2 rings (SSSR count). The summed E-state index contributed by atoms with van der Waals surface area (Å²) in [4.78, 5) is 12.2. The quantitative estimate of drug-likeness (QED) is 0.773. The number of amides is 1. The highest BCUT2D eigenvalue weighted by Crippen LogP contribution is 2.24. The summed E-state index contributed by atoms with van der Waals surface area (Å²) in [7, 11) is 0. The molecule has 134 valence electrons. The van der Waals surface area contributed by atoms with Gasteiger partial charge in [0.15, 0.2) is 0 Å². The highest BCUT2D eigenvalue weighted by molar-refractivity contribution is 5.94. The van der Waals surface area contributed by atoms with E-state index in [2.05, 4.69) is 11.4 Å². The topological polar surface area (TPSA) is 47.6 Å². The van der Waals surface area contributed by atoms with Crippen LogP contribution in [-0.4, -0.2) is 19.1 Å². The third-order valence-corrected chi connectivity index (χ3v) is 3.75. The van der Waals surface area contributed by atoms with Crippen molar-refractivity contribution < 1.29 is 14.3 Å². The lowest BCUT2D eigenvalue weighted by Gasteiger charge is -2.14. The third-order valence-electron chi connectivity index (χ3n) is 3.75. The van der Waals surface area contributed by atoms with E-state index in [0.717, 1.165) is 34.6 Å². The van der Waals surface area contributed by atoms with E-state index in [1.54, 1.807) is 6.07 Å². The van der Waals surface area contributed by atoms with Crippen LogP contribution in [0, 0.1) is 13.8 Å². The van der Waals surface area contributed by atoms with Gasteiger partial charge in [0.25, 0.3) is 5.91 Å². The van der Waals surface area contributed by atoms with Crippen molar-refractivity contribution in [3.05, 3.63) is 58.7 Å². The highest BCUT2D eigenvalue weighted by atomic mass is 16.5. The van der Waals surface area contributed by atoms with Crippen LogP contribution < -0.4 is 14.8 Å². The zero-order valence-corrected chi connectivity index (χ0v) is 15.5. The van der Waals surface area contributed by atoms with Gasteiger partial charge in [-0.3, -0.25) is 4.79 Å². The Balaban J connectivity index is 2.19. The number of carbonyl (C=O) groups is 1. The van der Waals surface area contributed by atoms with Crippen molar-refractivity contribution >= 4 is 5.91 Å². The van der Waals surface area contributed by atoms with Crippen LogP contribution in [0.2, 0.25) is 0 Å². The van der Waals surface area contributed by atoms with E-state index < -0.39 is 0 Å². The van der Waals surface area contributed by atoms with Crippen LogP contribution in [0.25, 0.3) is 0 Å². The Kier molecular flexibility index (Phi) is 6.87. The molecule has 2 aromatic carbocycles. The van der Waals surface area contributed by atoms with Gasteiger partial charge in [0, 0.05) is 17.7 Å². The molecule has 1 N–H and O–H groups in total. The Bertz CT molecular complexity index is 705. The lowest BCUT2D eigenvalue weighted by Crippen LogP contribution is -2.24. The molecule has 0 heterocycles. The number of rotatable bonds is 8. The Morgan fingerprint density at radius 1 is 1.00 bits per heavy atom. The van der Waals surface area contributed by atoms with Gasteiger partial charge < -0.3 is 14.8 Å². The highest BCUT2D eigenvalue weighted by Gasteiger charge is 2.11. The van der Waals surface area contributed by atoms with Crippen molar-refractivity contribution in [2.45, 2.75) is 40.7 Å². The smallest absolute Gasteiger partial charge is 0.251 e. The summed E-state index contributed by atoms with van der Waals surface area (Å²) in [5.74, 6) is 1.50. The Morgan fingerprint density at radius 2 is 1.72 bits per heavy atom. The number of hydrogen-bond donors (Lipinski definition) is 1. The van der Waals surface area contributed by atoms with Crippen LogP contribution in [-0.2, 0) is 6.61 Å². The van der Waals surface area contributed by atoms with E-state index in [1.165, 1.54) is 0 Å². The number of ether oxygens (including phenoxy) is 2. The first-order chi connectivity index (χ1) is 12.0. The van der Waals surface area contributed by atoms with Gasteiger partial charge in [-0.05, 0) is 68.7 Å². The maximum Gasteiger partial charge on any atom is 0.251 e. The molecule has 0 spiro atoms. The van der Waals surface area contributed by atoms with Crippen LogP contribution in [0.15, 0.2) is 36.4 Å². The van der Waals surface area contributed by atoms with Crippen LogP contribution in [0.1, 0.15) is 47.3 Å². The van der Waals surface area contributed by atoms with Crippen molar-refractivity contribution in [1.29, 1.82) is 0 Å². The molecule has 0 bridgehead atoms. The minimum absolute atomic E-state index is 0.0717. The SMILES string of the molecule is CCCNC(=O)c1ccc(OCC)c(COc2cc(C)cc(C)c2)c1. The van der Waals surface area contributed by atoms with E-state index in [0.29, 0.717) is 25.3 Å². The molecule has 25 heavy (non-hydrogen) atoms. The summed E-state index contributed by atoms with van der Waals surface area (Å²) in [6.07, 6.45) is 0.908. The molecule has 0 fully saturated rings. The summed E-state index contributed by atoms with van der Waals surface area (Å²) in [6, 6.07) is 11.6. The molecule has 0 aliphatic carbocycles. The van der Waals surface area contributed by atoms with Gasteiger partial charge in [0.2, 0.25) is 0 Å². The van der Waals surface area contributed by atoms with E-state index in [4.69, 9.17) is 9.47 Å². The Hall–Kier alpha value is -2.49. The number of aryl methyl sites for hydroxylation is 2. The van der Waals surface area contributed by atoms with Crippen LogP contribution >= 0.6 is 0 Å². The molecule has 4 nitrogen and oxygen atoms in total. The average molecular weight is 341 g/mol. The summed E-state index contributed by atoms with van der Waals surface area (Å²) >= 11 is 0. The van der Waals surface area contributed by atoms with Gasteiger partial charge in [0.1, 0.15) is 18.1 Å². The van der Waals surface area contributed by atoms with Gasteiger partial charge in [-0.15, -0.1) is 0 Å². The normalized spacial score (nSPS) is 10.4. The maximum absolute atomic E-state index is 12.2. The second-order valence-electron chi connectivity index (χ2n) is 6.12. The number of nitrogens with one attached hydrogen (secondary N) is 1. The third kappa shape index (κ3) is 5.52. The van der Waals surface area contributed by atoms with Gasteiger partial charge >= 0.3 is 0 Å². The molecule has 0 aliphatic rings. The van der Waals surface area contributed by atoms with Crippen LogP contribution in [0.5, 0.6) is 11.5 Å². The fourth-order valence-electron chi connectivity index (χ4n) is 2.65. The first-order valence-corrected chi connectivity index (χ1v) is 8.78. The van der Waals surface area contributed by atoms with Gasteiger partial charge in [-0.25, -0.2) is 0 Å². The minimum atomic E-state index is -0.0717.